The molecule has 0 spiro atoms. The van der Waals surface area contributed by atoms with E-state index in [2.05, 4.69) is 0 Å². The van der Waals surface area contributed by atoms with Crippen LogP contribution in [0.5, 0.6) is 0 Å². The van der Waals surface area contributed by atoms with Crippen molar-refractivity contribution in [2.75, 3.05) is 26.2 Å². The topological polar surface area (TPSA) is 81.1 Å². The number of unbranched alkanes of at least 4 members (excludes halogenated alkanes) is 3. The van der Waals surface area contributed by atoms with Crippen molar-refractivity contribution in [1.82, 2.24) is 9.80 Å². The van der Waals surface area contributed by atoms with Crippen LogP contribution in [-0.4, -0.2) is 94.9 Å². The molecule has 0 aromatic carbocycles. The SMILES string of the molecule is O=C(O)N(CCCCCCN(CC(F)(F)C(F)C(F)(F)F)C(=O)O)CC(F)(F)C(F)C(F)(F)F. The zero-order valence-corrected chi connectivity index (χ0v) is 17.0. The summed E-state index contributed by atoms with van der Waals surface area (Å²) in [6, 6.07) is 0. The standard InChI is InChI=1S/C16H20F12N2O4/c17-9(15(23,24)25)13(19,20)7-29(11(31)32)5-3-1-2-4-6-30(12(33)34)8-14(21,22)10(18)16(26,27)28/h9-10H,1-8H2,(H,31,32)(H,33,34). The Bertz CT molecular complexity index is 615. The Morgan fingerprint density at radius 1 is 0.588 bits per heavy atom. The highest BCUT2D eigenvalue weighted by Gasteiger charge is 2.58. The zero-order valence-electron chi connectivity index (χ0n) is 17.0. The third-order valence-corrected chi connectivity index (χ3v) is 4.27. The predicted molar refractivity (Wildman–Crippen MR) is 89.5 cm³/mol. The van der Waals surface area contributed by atoms with E-state index in [0.29, 0.717) is 0 Å². The summed E-state index contributed by atoms with van der Waals surface area (Å²) < 4.78 is 152. The second-order valence-corrected chi connectivity index (χ2v) is 7.15. The Kier molecular flexibility index (Phi) is 11.1. The van der Waals surface area contributed by atoms with Crippen LogP contribution in [0.2, 0.25) is 0 Å². The maximum Gasteiger partial charge on any atom is 0.425 e. The van der Waals surface area contributed by atoms with Crippen molar-refractivity contribution >= 4 is 12.2 Å². The van der Waals surface area contributed by atoms with Crippen molar-refractivity contribution in [3.05, 3.63) is 0 Å². The first kappa shape index (κ1) is 31.7. The Morgan fingerprint density at radius 3 is 1.06 bits per heavy atom. The second-order valence-electron chi connectivity index (χ2n) is 7.15. The average molecular weight is 532 g/mol. The van der Waals surface area contributed by atoms with Crippen LogP contribution in [-0.2, 0) is 0 Å². The molecular weight excluding hydrogens is 512 g/mol. The first-order valence-electron chi connectivity index (χ1n) is 9.26. The van der Waals surface area contributed by atoms with Crippen LogP contribution in [0, 0.1) is 0 Å². The van der Waals surface area contributed by atoms with E-state index in [1.165, 1.54) is 0 Å². The van der Waals surface area contributed by atoms with E-state index in [0.717, 1.165) is 0 Å². The molecule has 0 aliphatic carbocycles. The minimum atomic E-state index is -5.94. The van der Waals surface area contributed by atoms with Crippen molar-refractivity contribution in [3.63, 3.8) is 0 Å². The summed E-state index contributed by atoms with van der Waals surface area (Å²) in [5.41, 5.74) is 0. The number of nitrogens with zero attached hydrogens (tertiary/aromatic N) is 2. The Hall–Kier alpha value is -2.30. The number of rotatable bonds is 13. The number of alkyl halides is 12. The fraction of sp³-hybridized carbons (Fsp3) is 0.875. The quantitative estimate of drug-likeness (QED) is 0.240. The molecule has 2 N–H and O–H groups in total. The lowest BCUT2D eigenvalue weighted by Gasteiger charge is -2.28. The van der Waals surface area contributed by atoms with Gasteiger partial charge < -0.3 is 20.0 Å². The molecule has 2 unspecified atom stereocenters. The molecule has 0 aliphatic heterocycles. The van der Waals surface area contributed by atoms with E-state index in [-0.39, 0.29) is 35.5 Å². The van der Waals surface area contributed by atoms with Crippen molar-refractivity contribution < 1.29 is 72.5 Å². The number of carboxylic acid groups (broad SMARTS) is 2. The third kappa shape index (κ3) is 10.3. The van der Waals surface area contributed by atoms with Gasteiger partial charge in [-0.25, -0.2) is 35.9 Å². The predicted octanol–water partition coefficient (Wildman–Crippen LogP) is 5.58. The number of amides is 2. The molecule has 0 bridgehead atoms. The molecule has 0 saturated carbocycles. The van der Waals surface area contributed by atoms with Crippen molar-refractivity contribution in [1.29, 1.82) is 0 Å². The van der Waals surface area contributed by atoms with Crippen LogP contribution in [0.1, 0.15) is 25.7 Å². The van der Waals surface area contributed by atoms with E-state index < -0.39 is 74.9 Å². The van der Waals surface area contributed by atoms with Gasteiger partial charge in [-0.2, -0.15) is 26.3 Å². The first-order chi connectivity index (χ1) is 15.1. The van der Waals surface area contributed by atoms with E-state index >= 15 is 0 Å². The molecule has 0 saturated heterocycles. The molecular formula is C16H20F12N2O4. The highest BCUT2D eigenvalue weighted by Crippen LogP contribution is 2.36. The molecule has 0 heterocycles. The van der Waals surface area contributed by atoms with Gasteiger partial charge in [0.05, 0.1) is 13.1 Å². The van der Waals surface area contributed by atoms with Gasteiger partial charge in [0.1, 0.15) is 0 Å². The number of carbonyl (C=O) groups is 2. The molecule has 0 fully saturated rings. The summed E-state index contributed by atoms with van der Waals surface area (Å²) in [4.78, 5) is 21.5. The van der Waals surface area contributed by atoms with Crippen LogP contribution in [0.3, 0.4) is 0 Å². The van der Waals surface area contributed by atoms with Gasteiger partial charge in [0, 0.05) is 13.1 Å². The van der Waals surface area contributed by atoms with Gasteiger partial charge in [-0.3, -0.25) is 0 Å². The van der Waals surface area contributed by atoms with Crippen molar-refractivity contribution in [3.8, 4) is 0 Å². The Balaban J connectivity index is 4.70. The summed E-state index contributed by atoms with van der Waals surface area (Å²) in [6.07, 6.45) is -26.1. The molecule has 2 atom stereocenters. The van der Waals surface area contributed by atoms with E-state index in [4.69, 9.17) is 10.2 Å². The number of hydrogen-bond acceptors (Lipinski definition) is 2. The minimum Gasteiger partial charge on any atom is -0.465 e. The number of hydrogen-bond donors (Lipinski definition) is 2. The molecule has 0 aliphatic rings. The largest absolute Gasteiger partial charge is 0.465 e. The van der Waals surface area contributed by atoms with Crippen molar-refractivity contribution in [2.45, 2.75) is 62.2 Å². The molecule has 0 aromatic heterocycles. The smallest absolute Gasteiger partial charge is 0.425 e. The Labute approximate surface area is 184 Å². The maximum atomic E-state index is 13.4. The number of halogens is 12. The van der Waals surface area contributed by atoms with Crippen LogP contribution >= 0.6 is 0 Å². The summed E-state index contributed by atoms with van der Waals surface area (Å²) in [6.45, 7) is -5.81. The molecule has 2 amide bonds. The molecule has 6 nitrogen and oxygen atoms in total. The van der Waals surface area contributed by atoms with Crippen LogP contribution in [0.15, 0.2) is 0 Å². The van der Waals surface area contributed by atoms with Gasteiger partial charge in [-0.05, 0) is 12.8 Å². The van der Waals surface area contributed by atoms with Gasteiger partial charge in [-0.15, -0.1) is 0 Å². The lowest BCUT2D eigenvalue weighted by atomic mass is 10.1. The zero-order chi connectivity index (χ0) is 27.1. The lowest BCUT2D eigenvalue weighted by molar-refractivity contribution is -0.247. The van der Waals surface area contributed by atoms with E-state index in [1.54, 1.807) is 0 Å². The van der Waals surface area contributed by atoms with Gasteiger partial charge in [0.2, 0.25) is 0 Å². The van der Waals surface area contributed by atoms with Gasteiger partial charge >= 0.3 is 36.4 Å². The molecule has 202 valence electrons. The van der Waals surface area contributed by atoms with Crippen LogP contribution in [0.25, 0.3) is 0 Å². The Morgan fingerprint density at radius 2 is 0.853 bits per heavy atom. The molecule has 34 heavy (non-hydrogen) atoms. The van der Waals surface area contributed by atoms with Gasteiger partial charge in [0.15, 0.2) is 0 Å². The van der Waals surface area contributed by atoms with Crippen LogP contribution < -0.4 is 0 Å². The van der Waals surface area contributed by atoms with Crippen molar-refractivity contribution in [2.24, 2.45) is 0 Å². The second kappa shape index (κ2) is 11.9. The maximum absolute atomic E-state index is 13.4. The highest BCUT2D eigenvalue weighted by atomic mass is 19.4. The first-order valence-corrected chi connectivity index (χ1v) is 9.26. The fourth-order valence-electron chi connectivity index (χ4n) is 2.59. The minimum absolute atomic E-state index is 0.105. The summed E-state index contributed by atoms with van der Waals surface area (Å²) in [5.74, 6) is -10.2. The molecule has 0 aromatic rings. The molecule has 18 heteroatoms. The third-order valence-electron chi connectivity index (χ3n) is 4.27. The molecule has 0 rings (SSSR count). The molecule has 0 radical (unpaired) electrons. The monoisotopic (exact) mass is 532 g/mol. The normalized spacial score (nSPS) is 15.1. The van der Waals surface area contributed by atoms with E-state index in [9.17, 15) is 62.3 Å². The summed E-state index contributed by atoms with van der Waals surface area (Å²) in [5, 5.41) is 17.6. The van der Waals surface area contributed by atoms with E-state index in [1.807, 2.05) is 0 Å². The lowest BCUT2D eigenvalue weighted by Crippen LogP contribution is -2.50. The summed E-state index contributed by atoms with van der Waals surface area (Å²) in [7, 11) is 0. The average Bonchev–Trinajstić information content (AvgIpc) is 2.65. The van der Waals surface area contributed by atoms with Gasteiger partial charge in [-0.1, -0.05) is 12.8 Å². The summed E-state index contributed by atoms with van der Waals surface area (Å²) >= 11 is 0. The van der Waals surface area contributed by atoms with Gasteiger partial charge in [0.25, 0.3) is 12.3 Å². The highest BCUT2D eigenvalue weighted by molar-refractivity contribution is 5.65. The van der Waals surface area contributed by atoms with Crippen LogP contribution in [0.4, 0.5) is 62.3 Å². The fourth-order valence-corrected chi connectivity index (χ4v) is 2.59.